The number of nitrogens with one attached hydrogen (secondary N) is 1. The highest BCUT2D eigenvalue weighted by Gasteiger charge is 2.29. The molecule has 0 saturated heterocycles. The van der Waals surface area contributed by atoms with Crippen molar-refractivity contribution < 1.29 is 0 Å². The zero-order valence-electron chi connectivity index (χ0n) is 12.7. The molecule has 2 aromatic rings. The summed E-state index contributed by atoms with van der Waals surface area (Å²) in [6.45, 7) is 4.12. The lowest BCUT2D eigenvalue weighted by Crippen LogP contribution is -2.40. The van der Waals surface area contributed by atoms with Crippen molar-refractivity contribution in [3.63, 3.8) is 0 Å². The van der Waals surface area contributed by atoms with E-state index >= 15 is 0 Å². The van der Waals surface area contributed by atoms with E-state index in [1.54, 1.807) is 18.2 Å². The SMILES string of the molecule is CC(C)(N)CNc1nc(-c2cc(Cl)cc(Cl)c2)nc(C(Cl)(Cl)Cl)n1. The normalized spacial score (nSPS) is 12.3. The summed E-state index contributed by atoms with van der Waals surface area (Å²) >= 11 is 29.8. The first-order valence-electron chi connectivity index (χ1n) is 6.76. The zero-order valence-corrected chi connectivity index (χ0v) is 16.5. The molecule has 0 bridgehead atoms. The third-order valence-electron chi connectivity index (χ3n) is 2.71. The predicted molar refractivity (Wildman–Crippen MR) is 101 cm³/mol. The number of rotatable bonds is 4. The Kier molecular flexibility index (Phi) is 6.06. The fraction of sp³-hybridized carbons (Fsp3) is 0.357. The van der Waals surface area contributed by atoms with Crippen LogP contribution < -0.4 is 11.1 Å². The van der Waals surface area contributed by atoms with E-state index in [1.807, 2.05) is 13.8 Å². The second kappa shape index (κ2) is 7.36. The molecule has 1 heterocycles. The highest BCUT2D eigenvalue weighted by molar-refractivity contribution is 6.66. The summed E-state index contributed by atoms with van der Waals surface area (Å²) in [4.78, 5) is 12.6. The van der Waals surface area contributed by atoms with Gasteiger partial charge < -0.3 is 11.1 Å². The monoisotopic (exact) mass is 427 g/mol. The smallest absolute Gasteiger partial charge is 0.250 e. The first kappa shape index (κ1) is 19.8. The fourth-order valence-electron chi connectivity index (χ4n) is 1.70. The predicted octanol–water partition coefficient (Wildman–Crippen LogP) is 4.82. The molecule has 0 atom stereocenters. The van der Waals surface area contributed by atoms with Crippen molar-refractivity contribution in [3.05, 3.63) is 34.1 Å². The van der Waals surface area contributed by atoms with Crippen LogP contribution in [0.15, 0.2) is 18.2 Å². The van der Waals surface area contributed by atoms with Crippen molar-refractivity contribution >= 4 is 64.0 Å². The van der Waals surface area contributed by atoms with Crippen molar-refractivity contribution in [3.8, 4) is 11.4 Å². The maximum absolute atomic E-state index is 6.02. The van der Waals surface area contributed by atoms with Crippen molar-refractivity contribution in [2.24, 2.45) is 5.73 Å². The Morgan fingerprint density at radius 1 is 1.00 bits per heavy atom. The van der Waals surface area contributed by atoms with Gasteiger partial charge >= 0.3 is 0 Å². The van der Waals surface area contributed by atoms with Gasteiger partial charge in [0.25, 0.3) is 0 Å². The lowest BCUT2D eigenvalue weighted by Gasteiger charge is -2.20. The number of aromatic nitrogens is 3. The molecule has 3 N–H and O–H groups in total. The summed E-state index contributed by atoms with van der Waals surface area (Å²) in [6.07, 6.45) is 0. The van der Waals surface area contributed by atoms with E-state index in [0.29, 0.717) is 22.2 Å². The molecule has 0 saturated carbocycles. The number of alkyl halides is 3. The van der Waals surface area contributed by atoms with Gasteiger partial charge in [-0.1, -0.05) is 58.0 Å². The minimum Gasteiger partial charge on any atom is -0.352 e. The second-order valence-electron chi connectivity index (χ2n) is 5.80. The Hall–Kier alpha value is -0.560. The first-order chi connectivity index (χ1) is 10.9. The Morgan fingerprint density at radius 2 is 1.58 bits per heavy atom. The standard InChI is InChI=1S/C14H14Cl5N5/c1-13(2,20)6-21-12-23-10(22-11(24-12)14(17,18)19)7-3-8(15)5-9(16)4-7/h3-5H,6,20H2,1-2H3,(H,21,22,23,24). The Bertz CT molecular complexity index is 719. The molecule has 0 aliphatic rings. The molecule has 0 amide bonds. The van der Waals surface area contributed by atoms with Gasteiger partial charge in [0.2, 0.25) is 9.74 Å². The number of benzene rings is 1. The summed E-state index contributed by atoms with van der Waals surface area (Å²) in [7, 11) is 0. The van der Waals surface area contributed by atoms with Crippen LogP contribution >= 0.6 is 58.0 Å². The molecule has 0 aliphatic heterocycles. The lowest BCUT2D eigenvalue weighted by molar-refractivity contribution is 0.547. The minimum atomic E-state index is -1.81. The van der Waals surface area contributed by atoms with Crippen LogP contribution in [-0.4, -0.2) is 27.0 Å². The van der Waals surface area contributed by atoms with Crippen LogP contribution in [0.2, 0.25) is 10.0 Å². The van der Waals surface area contributed by atoms with Gasteiger partial charge in [0.15, 0.2) is 11.6 Å². The molecule has 5 nitrogen and oxygen atoms in total. The maximum atomic E-state index is 6.02. The average molecular weight is 430 g/mol. The van der Waals surface area contributed by atoms with E-state index in [0.717, 1.165) is 0 Å². The molecular weight excluding hydrogens is 415 g/mol. The highest BCUT2D eigenvalue weighted by Crippen LogP contribution is 2.37. The second-order valence-corrected chi connectivity index (χ2v) is 8.96. The van der Waals surface area contributed by atoms with E-state index in [4.69, 9.17) is 63.7 Å². The molecule has 0 fully saturated rings. The molecule has 24 heavy (non-hydrogen) atoms. The summed E-state index contributed by atoms with van der Waals surface area (Å²) in [5.74, 6) is 0.481. The van der Waals surface area contributed by atoms with Gasteiger partial charge in [-0.25, -0.2) is 4.98 Å². The summed E-state index contributed by atoms with van der Waals surface area (Å²) < 4.78 is -1.81. The summed E-state index contributed by atoms with van der Waals surface area (Å²) in [6, 6.07) is 4.91. The van der Waals surface area contributed by atoms with Gasteiger partial charge in [-0.2, -0.15) is 9.97 Å². The third-order valence-corrected chi connectivity index (χ3v) is 3.66. The number of hydrogen-bond donors (Lipinski definition) is 2. The maximum Gasteiger partial charge on any atom is 0.250 e. The van der Waals surface area contributed by atoms with Crippen LogP contribution in [0.4, 0.5) is 5.95 Å². The van der Waals surface area contributed by atoms with Crippen LogP contribution in [0.1, 0.15) is 19.7 Å². The van der Waals surface area contributed by atoms with Gasteiger partial charge in [-0.05, 0) is 32.0 Å². The Morgan fingerprint density at radius 3 is 2.08 bits per heavy atom. The van der Waals surface area contributed by atoms with Crippen LogP contribution in [0.25, 0.3) is 11.4 Å². The number of hydrogen-bond acceptors (Lipinski definition) is 5. The van der Waals surface area contributed by atoms with Crippen LogP contribution in [0.5, 0.6) is 0 Å². The van der Waals surface area contributed by atoms with Crippen LogP contribution in [0, 0.1) is 0 Å². The van der Waals surface area contributed by atoms with Crippen LogP contribution in [-0.2, 0) is 3.79 Å². The number of nitrogens with zero attached hydrogens (tertiary/aromatic N) is 3. The topological polar surface area (TPSA) is 76.7 Å². The molecule has 2 rings (SSSR count). The van der Waals surface area contributed by atoms with Crippen molar-refractivity contribution in [2.75, 3.05) is 11.9 Å². The number of nitrogens with two attached hydrogens (primary N) is 1. The molecule has 0 aliphatic carbocycles. The van der Waals surface area contributed by atoms with Gasteiger partial charge in [0, 0.05) is 27.7 Å². The molecule has 1 aromatic carbocycles. The largest absolute Gasteiger partial charge is 0.352 e. The molecular formula is C14H14Cl5N5. The zero-order chi connectivity index (χ0) is 18.1. The number of anilines is 1. The summed E-state index contributed by atoms with van der Waals surface area (Å²) in [5.41, 5.74) is 6.04. The quantitative estimate of drug-likeness (QED) is 0.682. The number of halogens is 5. The summed E-state index contributed by atoms with van der Waals surface area (Å²) in [5, 5.41) is 3.88. The van der Waals surface area contributed by atoms with Gasteiger partial charge in [-0.3, -0.25) is 0 Å². The third kappa shape index (κ3) is 5.76. The first-order valence-corrected chi connectivity index (χ1v) is 8.65. The van der Waals surface area contributed by atoms with Gasteiger partial charge in [0.05, 0.1) is 0 Å². The van der Waals surface area contributed by atoms with E-state index < -0.39 is 9.33 Å². The van der Waals surface area contributed by atoms with E-state index in [9.17, 15) is 0 Å². The lowest BCUT2D eigenvalue weighted by atomic mass is 10.1. The molecule has 10 heteroatoms. The van der Waals surface area contributed by atoms with Crippen molar-refractivity contribution in [1.29, 1.82) is 0 Å². The minimum absolute atomic E-state index is 0.0223. The fourth-order valence-corrected chi connectivity index (χ4v) is 2.48. The molecule has 0 unspecified atom stereocenters. The van der Waals surface area contributed by atoms with Crippen molar-refractivity contribution in [1.82, 2.24) is 15.0 Å². The van der Waals surface area contributed by atoms with E-state index in [1.165, 1.54) is 0 Å². The Labute approximate surface area is 164 Å². The molecule has 0 radical (unpaired) electrons. The molecule has 130 valence electrons. The highest BCUT2D eigenvalue weighted by atomic mass is 35.6. The molecule has 1 aromatic heterocycles. The van der Waals surface area contributed by atoms with Gasteiger partial charge in [0.1, 0.15) is 0 Å². The molecule has 0 spiro atoms. The van der Waals surface area contributed by atoms with E-state index in [2.05, 4.69) is 20.3 Å². The van der Waals surface area contributed by atoms with Crippen LogP contribution in [0.3, 0.4) is 0 Å². The van der Waals surface area contributed by atoms with E-state index in [-0.39, 0.29) is 17.6 Å². The average Bonchev–Trinajstić information content (AvgIpc) is 2.42. The van der Waals surface area contributed by atoms with Crippen molar-refractivity contribution in [2.45, 2.75) is 23.2 Å². The Balaban J connectivity index is 2.50. The van der Waals surface area contributed by atoms with Gasteiger partial charge in [-0.15, -0.1) is 0 Å².